The molecule has 0 spiro atoms. The maximum Gasteiger partial charge on any atom is 0.270 e. The number of benzene rings is 3. The highest BCUT2D eigenvalue weighted by molar-refractivity contribution is 5.74. The Morgan fingerprint density at radius 2 is 1.86 bits per heavy atom. The number of aryl methyl sites for hydroxylation is 1. The van der Waals surface area contributed by atoms with E-state index in [1.807, 2.05) is 55.5 Å². The lowest BCUT2D eigenvalue weighted by atomic mass is 10.1. The minimum atomic E-state index is -0.701. The Balaban J connectivity index is 1.91. The van der Waals surface area contributed by atoms with E-state index in [9.17, 15) is 15.2 Å². The first-order valence-electron chi connectivity index (χ1n) is 8.64. The van der Waals surface area contributed by atoms with Gasteiger partial charge in [-0.3, -0.25) is 10.1 Å². The van der Waals surface area contributed by atoms with Crippen molar-refractivity contribution in [3.63, 3.8) is 0 Å². The van der Waals surface area contributed by atoms with Crippen molar-refractivity contribution in [1.82, 2.24) is 15.0 Å². The molecule has 0 aliphatic carbocycles. The normalized spacial score (nSPS) is 12.0. The second-order valence-electron chi connectivity index (χ2n) is 6.38. The zero-order valence-corrected chi connectivity index (χ0v) is 15.0. The van der Waals surface area contributed by atoms with Crippen molar-refractivity contribution in [2.24, 2.45) is 0 Å². The maximum absolute atomic E-state index is 11.3. The molecular weight excluding hydrogens is 358 g/mol. The second-order valence-corrected chi connectivity index (χ2v) is 6.38. The minimum absolute atomic E-state index is 0.0729. The third-order valence-corrected chi connectivity index (χ3v) is 4.58. The van der Waals surface area contributed by atoms with Gasteiger partial charge in [-0.15, -0.1) is 5.10 Å². The Hall–Kier alpha value is -3.94. The number of rotatable bonds is 5. The van der Waals surface area contributed by atoms with Crippen LogP contribution in [-0.2, 0) is 0 Å². The fraction of sp³-hybridized carbons (Fsp3) is 0.100. The van der Waals surface area contributed by atoms with Gasteiger partial charge < -0.3 is 10.4 Å². The maximum atomic E-state index is 11.3. The van der Waals surface area contributed by atoms with Crippen molar-refractivity contribution in [3.8, 4) is 5.75 Å². The summed E-state index contributed by atoms with van der Waals surface area (Å²) in [5.74, 6) is -0.0729. The predicted molar refractivity (Wildman–Crippen MR) is 105 cm³/mol. The summed E-state index contributed by atoms with van der Waals surface area (Å²) in [4.78, 5) is 10.8. The highest BCUT2D eigenvalue weighted by Crippen LogP contribution is 2.33. The number of fused-ring (bicyclic) bond motifs is 1. The number of phenolic OH excluding ortho intramolecular Hbond substituents is 1. The van der Waals surface area contributed by atoms with Crippen LogP contribution in [0.5, 0.6) is 5.75 Å². The van der Waals surface area contributed by atoms with Crippen LogP contribution in [0.1, 0.15) is 17.3 Å². The first-order valence-corrected chi connectivity index (χ1v) is 8.64. The molecule has 0 fully saturated rings. The first kappa shape index (κ1) is 17.5. The van der Waals surface area contributed by atoms with Crippen molar-refractivity contribution < 1.29 is 10.0 Å². The van der Waals surface area contributed by atoms with Gasteiger partial charge in [0.25, 0.3) is 5.69 Å². The SMILES string of the molecule is Cc1ccccc1NC(c1cc([N+](=O)[O-])ccc1O)n1nnc2ccccc21. The summed E-state index contributed by atoms with van der Waals surface area (Å²) in [5.41, 5.74) is 3.44. The molecule has 0 saturated heterocycles. The number of phenols is 1. The third kappa shape index (κ3) is 3.11. The van der Waals surface area contributed by atoms with Crippen LogP contribution in [0.15, 0.2) is 66.7 Å². The molecule has 1 aromatic heterocycles. The van der Waals surface area contributed by atoms with Gasteiger partial charge in [0, 0.05) is 23.4 Å². The number of aromatic hydroxyl groups is 1. The number of nitrogens with zero attached hydrogens (tertiary/aromatic N) is 4. The number of aromatic nitrogens is 3. The number of nitro groups is 1. The molecule has 4 rings (SSSR count). The Morgan fingerprint density at radius 3 is 2.64 bits per heavy atom. The highest BCUT2D eigenvalue weighted by Gasteiger charge is 2.24. The monoisotopic (exact) mass is 375 g/mol. The van der Waals surface area contributed by atoms with E-state index in [2.05, 4.69) is 15.6 Å². The Bertz CT molecular complexity index is 1170. The van der Waals surface area contributed by atoms with Gasteiger partial charge >= 0.3 is 0 Å². The fourth-order valence-electron chi connectivity index (χ4n) is 3.10. The van der Waals surface area contributed by atoms with Crippen molar-refractivity contribution >= 4 is 22.4 Å². The van der Waals surface area contributed by atoms with Crippen molar-refractivity contribution in [3.05, 3.63) is 88.0 Å². The lowest BCUT2D eigenvalue weighted by Crippen LogP contribution is -2.21. The number of hydrogen-bond donors (Lipinski definition) is 2. The van der Waals surface area contributed by atoms with Crippen LogP contribution in [0.2, 0.25) is 0 Å². The predicted octanol–water partition coefficient (Wildman–Crippen LogP) is 4.01. The van der Waals surface area contributed by atoms with Gasteiger partial charge in [-0.1, -0.05) is 35.5 Å². The average molecular weight is 375 g/mol. The van der Waals surface area contributed by atoms with Crippen LogP contribution in [0.4, 0.5) is 11.4 Å². The smallest absolute Gasteiger partial charge is 0.270 e. The summed E-state index contributed by atoms with van der Waals surface area (Å²) in [6.07, 6.45) is -0.701. The molecule has 1 heterocycles. The van der Waals surface area contributed by atoms with Crippen molar-refractivity contribution in [1.29, 1.82) is 0 Å². The number of nitrogens with one attached hydrogen (secondary N) is 1. The lowest BCUT2D eigenvalue weighted by molar-refractivity contribution is -0.385. The minimum Gasteiger partial charge on any atom is -0.508 e. The molecule has 140 valence electrons. The van der Waals surface area contributed by atoms with Gasteiger partial charge in [-0.2, -0.15) is 0 Å². The van der Waals surface area contributed by atoms with Crippen LogP contribution in [0, 0.1) is 17.0 Å². The first-order chi connectivity index (χ1) is 13.5. The van der Waals surface area contributed by atoms with E-state index in [0.29, 0.717) is 11.1 Å². The number of anilines is 1. The van der Waals surface area contributed by atoms with Crippen LogP contribution in [-0.4, -0.2) is 25.0 Å². The molecule has 0 saturated carbocycles. The number of nitro benzene ring substituents is 1. The summed E-state index contributed by atoms with van der Waals surface area (Å²) in [6, 6.07) is 19.0. The summed E-state index contributed by atoms with van der Waals surface area (Å²) in [6.45, 7) is 1.95. The van der Waals surface area contributed by atoms with Gasteiger partial charge in [-0.25, -0.2) is 4.68 Å². The highest BCUT2D eigenvalue weighted by atomic mass is 16.6. The third-order valence-electron chi connectivity index (χ3n) is 4.58. The van der Waals surface area contributed by atoms with Gasteiger partial charge in [0.1, 0.15) is 11.3 Å². The van der Waals surface area contributed by atoms with E-state index < -0.39 is 11.1 Å². The number of non-ortho nitro benzene ring substituents is 1. The van der Waals surface area contributed by atoms with Gasteiger partial charge in [0.15, 0.2) is 6.17 Å². The van der Waals surface area contributed by atoms with Crippen molar-refractivity contribution in [2.75, 3.05) is 5.32 Å². The van der Waals surface area contributed by atoms with E-state index in [4.69, 9.17) is 0 Å². The molecule has 4 aromatic rings. The molecule has 2 N–H and O–H groups in total. The molecule has 1 atom stereocenters. The second kappa shape index (κ2) is 6.99. The van der Waals surface area contributed by atoms with Gasteiger partial charge in [0.2, 0.25) is 0 Å². The summed E-state index contributed by atoms with van der Waals surface area (Å²) >= 11 is 0. The van der Waals surface area contributed by atoms with E-state index in [1.165, 1.54) is 18.2 Å². The van der Waals surface area contributed by atoms with E-state index >= 15 is 0 Å². The summed E-state index contributed by atoms with van der Waals surface area (Å²) in [5, 5.41) is 33.5. The fourth-order valence-corrected chi connectivity index (χ4v) is 3.10. The average Bonchev–Trinajstić information content (AvgIpc) is 3.12. The van der Waals surface area contributed by atoms with Crippen LogP contribution in [0.25, 0.3) is 11.0 Å². The molecule has 28 heavy (non-hydrogen) atoms. The lowest BCUT2D eigenvalue weighted by Gasteiger charge is -2.23. The summed E-state index contributed by atoms with van der Waals surface area (Å²) < 4.78 is 1.61. The van der Waals surface area contributed by atoms with E-state index in [1.54, 1.807) is 4.68 Å². The van der Waals surface area contributed by atoms with Crippen molar-refractivity contribution in [2.45, 2.75) is 13.1 Å². The Labute approximate surface area is 160 Å². The standard InChI is InChI=1S/C20H17N5O3/c1-13-6-2-3-7-16(13)21-20(15-12-14(25(27)28)10-11-19(15)26)24-18-9-5-4-8-17(18)22-23-24/h2-12,20-21,26H,1H3. The molecule has 0 aliphatic rings. The molecule has 0 bridgehead atoms. The quantitative estimate of drug-likeness (QED) is 0.403. The molecule has 8 heteroatoms. The van der Waals surface area contributed by atoms with E-state index in [-0.39, 0.29) is 11.4 Å². The summed E-state index contributed by atoms with van der Waals surface area (Å²) in [7, 11) is 0. The molecule has 0 radical (unpaired) electrons. The van der Waals surface area contributed by atoms with Crippen LogP contribution < -0.4 is 5.32 Å². The Morgan fingerprint density at radius 1 is 1.11 bits per heavy atom. The van der Waals surface area contributed by atoms with Gasteiger partial charge in [-0.05, 0) is 36.8 Å². The van der Waals surface area contributed by atoms with Gasteiger partial charge in [0.05, 0.1) is 10.4 Å². The number of para-hydroxylation sites is 2. The van der Waals surface area contributed by atoms with Crippen LogP contribution >= 0.6 is 0 Å². The van der Waals surface area contributed by atoms with E-state index in [0.717, 1.165) is 16.8 Å². The molecule has 8 nitrogen and oxygen atoms in total. The molecular formula is C20H17N5O3. The van der Waals surface area contributed by atoms with Crippen LogP contribution in [0.3, 0.4) is 0 Å². The zero-order chi connectivity index (χ0) is 19.7. The molecule has 3 aromatic carbocycles. The topological polar surface area (TPSA) is 106 Å². The molecule has 0 amide bonds. The largest absolute Gasteiger partial charge is 0.508 e. The number of hydrogen-bond acceptors (Lipinski definition) is 6. The molecule has 1 unspecified atom stereocenters. The zero-order valence-electron chi connectivity index (χ0n) is 15.0. The Kier molecular flexibility index (Phi) is 4.36. The molecule has 0 aliphatic heterocycles.